The molecule has 1 aliphatic heterocycles. The topological polar surface area (TPSA) is 75.2 Å². The van der Waals surface area contributed by atoms with Crippen LogP contribution in [0.15, 0.2) is 30.3 Å². The molecule has 0 spiro atoms. The molecule has 0 bridgehead atoms. The summed E-state index contributed by atoms with van der Waals surface area (Å²) in [6.45, 7) is 5.24. The number of nitrogens with one attached hydrogen (secondary N) is 1. The predicted octanol–water partition coefficient (Wildman–Crippen LogP) is 3.23. The van der Waals surface area contributed by atoms with E-state index in [1.807, 2.05) is 6.92 Å². The molecular formula is C19H22N4O2. The number of benzene rings is 1. The van der Waals surface area contributed by atoms with Crippen LogP contribution in [0.2, 0.25) is 0 Å². The minimum Gasteiger partial charge on any atom is -0.341 e. The van der Waals surface area contributed by atoms with E-state index in [0.29, 0.717) is 22.9 Å². The number of nitrogens with zero attached hydrogens (tertiary/aromatic N) is 3. The minimum atomic E-state index is -0.278. The van der Waals surface area contributed by atoms with Crippen LogP contribution >= 0.6 is 0 Å². The number of amides is 1. The Kier molecular flexibility index (Phi) is 5.07. The Labute approximate surface area is 147 Å². The van der Waals surface area contributed by atoms with E-state index in [2.05, 4.69) is 20.2 Å². The summed E-state index contributed by atoms with van der Waals surface area (Å²) in [7, 11) is 0. The number of Topliss-reactive ketones (excluding diaryl/α,β-unsaturated/α-hetero) is 1. The van der Waals surface area contributed by atoms with E-state index in [-0.39, 0.29) is 11.7 Å². The first-order valence-electron chi connectivity index (χ1n) is 8.56. The van der Waals surface area contributed by atoms with Crippen LogP contribution in [0.25, 0.3) is 0 Å². The monoisotopic (exact) mass is 338 g/mol. The van der Waals surface area contributed by atoms with Gasteiger partial charge in [0.2, 0.25) is 5.95 Å². The lowest BCUT2D eigenvalue weighted by molar-refractivity contribution is 0.101. The van der Waals surface area contributed by atoms with E-state index in [1.165, 1.54) is 13.3 Å². The van der Waals surface area contributed by atoms with Gasteiger partial charge in [0, 0.05) is 30.0 Å². The molecule has 1 aromatic heterocycles. The molecule has 130 valence electrons. The van der Waals surface area contributed by atoms with Crippen LogP contribution in [-0.4, -0.2) is 34.7 Å². The quantitative estimate of drug-likeness (QED) is 0.866. The van der Waals surface area contributed by atoms with E-state index >= 15 is 0 Å². The van der Waals surface area contributed by atoms with E-state index in [4.69, 9.17) is 0 Å². The van der Waals surface area contributed by atoms with Crippen molar-refractivity contribution in [2.75, 3.05) is 23.3 Å². The number of hydrogen-bond acceptors (Lipinski definition) is 5. The summed E-state index contributed by atoms with van der Waals surface area (Å²) in [6.07, 6.45) is 3.48. The van der Waals surface area contributed by atoms with Gasteiger partial charge in [-0.3, -0.25) is 9.59 Å². The SMILES string of the molecule is CC(=O)c1ccc(NC(=O)c2cc(C)nc(N3CCCCC3)n2)cc1. The molecule has 25 heavy (non-hydrogen) atoms. The zero-order chi connectivity index (χ0) is 17.8. The predicted molar refractivity (Wildman–Crippen MR) is 97.2 cm³/mol. The normalized spacial score (nSPS) is 14.2. The summed E-state index contributed by atoms with van der Waals surface area (Å²) in [5.74, 6) is 0.339. The lowest BCUT2D eigenvalue weighted by Crippen LogP contribution is -2.31. The summed E-state index contributed by atoms with van der Waals surface area (Å²) in [5, 5.41) is 2.82. The highest BCUT2D eigenvalue weighted by Gasteiger charge is 2.17. The van der Waals surface area contributed by atoms with Crippen molar-refractivity contribution in [2.24, 2.45) is 0 Å². The molecule has 0 radical (unpaired) electrons. The first-order valence-corrected chi connectivity index (χ1v) is 8.56. The lowest BCUT2D eigenvalue weighted by atomic mass is 10.1. The molecule has 2 aromatic rings. The Balaban J connectivity index is 1.77. The van der Waals surface area contributed by atoms with Crippen LogP contribution in [0, 0.1) is 6.92 Å². The van der Waals surface area contributed by atoms with Crippen molar-refractivity contribution in [1.29, 1.82) is 0 Å². The van der Waals surface area contributed by atoms with Gasteiger partial charge in [-0.1, -0.05) is 0 Å². The Hall–Kier alpha value is -2.76. The number of ketones is 1. The molecule has 6 nitrogen and oxygen atoms in total. The summed E-state index contributed by atoms with van der Waals surface area (Å²) in [5.41, 5.74) is 2.37. The van der Waals surface area contributed by atoms with Gasteiger partial charge in [0.05, 0.1) is 0 Å². The molecule has 0 atom stereocenters. The van der Waals surface area contributed by atoms with Crippen LogP contribution in [-0.2, 0) is 0 Å². The molecule has 1 aromatic carbocycles. The van der Waals surface area contributed by atoms with Crippen LogP contribution in [0.4, 0.5) is 11.6 Å². The molecule has 0 unspecified atom stereocenters. The molecule has 1 fully saturated rings. The third kappa shape index (κ3) is 4.21. The zero-order valence-corrected chi connectivity index (χ0v) is 14.6. The lowest BCUT2D eigenvalue weighted by Gasteiger charge is -2.27. The van der Waals surface area contributed by atoms with Crippen molar-refractivity contribution in [2.45, 2.75) is 33.1 Å². The van der Waals surface area contributed by atoms with Crippen LogP contribution in [0.5, 0.6) is 0 Å². The van der Waals surface area contributed by atoms with Crippen LogP contribution in [0.3, 0.4) is 0 Å². The highest BCUT2D eigenvalue weighted by Crippen LogP contribution is 2.17. The summed E-state index contributed by atoms with van der Waals surface area (Å²) >= 11 is 0. The van der Waals surface area contributed by atoms with Gasteiger partial charge in [-0.15, -0.1) is 0 Å². The van der Waals surface area contributed by atoms with Crippen LogP contribution < -0.4 is 10.2 Å². The second kappa shape index (κ2) is 7.42. The molecule has 6 heteroatoms. The Morgan fingerprint density at radius 1 is 1.04 bits per heavy atom. The van der Waals surface area contributed by atoms with E-state index in [0.717, 1.165) is 31.6 Å². The van der Waals surface area contributed by atoms with Crippen molar-refractivity contribution >= 4 is 23.3 Å². The van der Waals surface area contributed by atoms with Gasteiger partial charge in [0.15, 0.2) is 5.78 Å². The van der Waals surface area contributed by atoms with Crippen molar-refractivity contribution < 1.29 is 9.59 Å². The van der Waals surface area contributed by atoms with Gasteiger partial charge >= 0.3 is 0 Å². The maximum absolute atomic E-state index is 12.5. The number of carbonyl (C=O) groups excluding carboxylic acids is 2. The average Bonchev–Trinajstić information content (AvgIpc) is 2.62. The van der Waals surface area contributed by atoms with Crippen molar-refractivity contribution in [3.63, 3.8) is 0 Å². The fourth-order valence-corrected chi connectivity index (χ4v) is 2.89. The number of anilines is 2. The summed E-state index contributed by atoms with van der Waals surface area (Å²) in [4.78, 5) is 34.9. The molecular weight excluding hydrogens is 316 g/mol. The van der Waals surface area contributed by atoms with Gasteiger partial charge in [0.25, 0.3) is 5.91 Å². The first kappa shape index (κ1) is 17.1. The third-order valence-electron chi connectivity index (χ3n) is 4.26. The largest absolute Gasteiger partial charge is 0.341 e. The first-order chi connectivity index (χ1) is 12.0. The molecule has 1 N–H and O–H groups in total. The molecule has 2 heterocycles. The van der Waals surface area contributed by atoms with Gasteiger partial charge in [0.1, 0.15) is 5.69 Å². The fraction of sp³-hybridized carbons (Fsp3) is 0.368. The average molecular weight is 338 g/mol. The summed E-state index contributed by atoms with van der Waals surface area (Å²) < 4.78 is 0. The zero-order valence-electron chi connectivity index (χ0n) is 14.6. The van der Waals surface area contributed by atoms with Crippen molar-refractivity contribution in [3.05, 3.63) is 47.3 Å². The van der Waals surface area contributed by atoms with E-state index in [9.17, 15) is 9.59 Å². The highest BCUT2D eigenvalue weighted by molar-refractivity contribution is 6.03. The Bertz CT molecular complexity index is 781. The Morgan fingerprint density at radius 2 is 1.72 bits per heavy atom. The molecule has 0 saturated carbocycles. The highest BCUT2D eigenvalue weighted by atomic mass is 16.2. The van der Waals surface area contributed by atoms with Crippen LogP contribution in [0.1, 0.15) is 52.7 Å². The van der Waals surface area contributed by atoms with E-state index < -0.39 is 0 Å². The van der Waals surface area contributed by atoms with Gasteiger partial charge in [-0.2, -0.15) is 0 Å². The number of rotatable bonds is 4. The summed E-state index contributed by atoms with van der Waals surface area (Å²) in [6, 6.07) is 8.51. The number of carbonyl (C=O) groups is 2. The smallest absolute Gasteiger partial charge is 0.274 e. The third-order valence-corrected chi connectivity index (χ3v) is 4.26. The maximum atomic E-state index is 12.5. The molecule has 0 aliphatic carbocycles. The molecule has 1 amide bonds. The Morgan fingerprint density at radius 3 is 2.36 bits per heavy atom. The number of aryl methyl sites for hydroxylation is 1. The fourth-order valence-electron chi connectivity index (χ4n) is 2.89. The number of aromatic nitrogens is 2. The molecule has 1 saturated heterocycles. The second-order valence-electron chi connectivity index (χ2n) is 6.33. The minimum absolute atomic E-state index is 0.00419. The molecule has 3 rings (SSSR count). The van der Waals surface area contributed by atoms with Crippen molar-refractivity contribution in [3.8, 4) is 0 Å². The van der Waals surface area contributed by atoms with Crippen molar-refractivity contribution in [1.82, 2.24) is 9.97 Å². The maximum Gasteiger partial charge on any atom is 0.274 e. The standard InChI is InChI=1S/C19H22N4O2/c1-13-12-17(22-19(20-13)23-10-4-3-5-11-23)18(25)21-16-8-6-15(7-9-16)14(2)24/h6-9,12H,3-5,10-11H2,1-2H3,(H,21,25). The molecule has 1 aliphatic rings. The number of hydrogen-bond donors (Lipinski definition) is 1. The van der Waals surface area contributed by atoms with E-state index in [1.54, 1.807) is 30.3 Å². The number of piperidine rings is 1. The van der Waals surface area contributed by atoms with Gasteiger partial charge in [-0.05, 0) is 63.4 Å². The van der Waals surface area contributed by atoms with Gasteiger partial charge in [-0.25, -0.2) is 9.97 Å². The van der Waals surface area contributed by atoms with Gasteiger partial charge < -0.3 is 10.2 Å². The second-order valence-corrected chi connectivity index (χ2v) is 6.33.